The number of aromatic nitrogens is 3. The van der Waals surface area contributed by atoms with E-state index < -0.39 is 7.05 Å². The van der Waals surface area contributed by atoms with Crippen molar-refractivity contribution in [2.75, 3.05) is 0 Å². The van der Waals surface area contributed by atoms with Crippen molar-refractivity contribution in [2.45, 2.75) is 26.9 Å². The minimum absolute atomic E-state index is 0.194. The van der Waals surface area contributed by atoms with E-state index in [1.54, 1.807) is 0 Å². The van der Waals surface area contributed by atoms with Crippen LogP contribution in [-0.2, 0) is 0 Å². The maximum Gasteiger partial charge on any atom is 0.148 e. The molecule has 0 aliphatic rings. The smallest absolute Gasteiger partial charge is 0.148 e. The second kappa shape index (κ2) is 9.04. The fourth-order valence-electron chi connectivity index (χ4n) is 4.40. The monoisotopic (exact) mass is 464 g/mol. The van der Waals surface area contributed by atoms with Crippen LogP contribution in [0.5, 0.6) is 0 Å². The van der Waals surface area contributed by atoms with Crippen LogP contribution >= 0.6 is 7.05 Å². The van der Waals surface area contributed by atoms with Gasteiger partial charge in [0, 0.05) is 21.3 Å². The van der Waals surface area contributed by atoms with Crippen molar-refractivity contribution >= 4 is 34.0 Å². The van der Waals surface area contributed by atoms with Gasteiger partial charge in [-0.15, -0.1) is 5.10 Å². The first kappa shape index (κ1) is 22.3. The summed E-state index contributed by atoms with van der Waals surface area (Å²) in [4.78, 5) is 0. The van der Waals surface area contributed by atoms with E-state index in [4.69, 9.17) is 4.74 Å². The van der Waals surface area contributed by atoms with E-state index in [1.807, 2.05) is 22.9 Å². The quantitative estimate of drug-likeness (QED) is 0.293. The van der Waals surface area contributed by atoms with Crippen LogP contribution < -0.4 is 15.9 Å². The number of nitrogens with zero attached hydrogens (tertiary/aromatic N) is 4. The Kier molecular flexibility index (Phi) is 5.93. The molecule has 1 atom stereocenters. The van der Waals surface area contributed by atoms with E-state index >= 15 is 0 Å². The lowest BCUT2D eigenvalue weighted by Crippen LogP contribution is -2.30. The second-order valence-corrected chi connectivity index (χ2v) is 12.6. The van der Waals surface area contributed by atoms with Gasteiger partial charge in [-0.05, 0) is 12.1 Å². The van der Waals surface area contributed by atoms with E-state index in [0.29, 0.717) is 0 Å². The normalized spacial score (nSPS) is 13.0. The molecule has 0 spiro atoms. The van der Waals surface area contributed by atoms with Gasteiger partial charge in [-0.2, -0.15) is 0 Å². The van der Waals surface area contributed by atoms with Gasteiger partial charge in [0.2, 0.25) is 0 Å². The number of para-hydroxylation sites is 1. The summed E-state index contributed by atoms with van der Waals surface area (Å²) in [5.74, 6) is 0. The van der Waals surface area contributed by atoms with Crippen LogP contribution in [0.2, 0.25) is 0 Å². The molecule has 0 aliphatic carbocycles. The molecule has 5 rings (SSSR count). The Morgan fingerprint density at radius 2 is 1.09 bits per heavy atom. The van der Waals surface area contributed by atoms with E-state index in [2.05, 4.69) is 128 Å². The topological polar surface area (TPSA) is 43.1 Å². The molecule has 0 saturated heterocycles. The minimum Gasteiger partial charge on any atom is -0.262 e. The zero-order valence-corrected chi connectivity index (χ0v) is 20.7. The molecule has 4 aromatic carbocycles. The van der Waals surface area contributed by atoms with Crippen LogP contribution in [0.25, 0.3) is 11.0 Å². The highest BCUT2D eigenvalue weighted by molar-refractivity contribution is 7.87. The predicted octanol–water partition coefficient (Wildman–Crippen LogP) is 6.15. The zero-order chi connectivity index (χ0) is 23.6. The maximum absolute atomic E-state index is 5.85. The van der Waals surface area contributed by atoms with Gasteiger partial charge in [0.25, 0.3) is 0 Å². The summed E-state index contributed by atoms with van der Waals surface area (Å²) in [6, 6.07) is 40.3. The van der Waals surface area contributed by atoms with Crippen LogP contribution in [0.15, 0.2) is 120 Å². The van der Waals surface area contributed by atoms with Crippen LogP contribution in [0.1, 0.15) is 26.9 Å². The third-order valence-corrected chi connectivity index (χ3v) is 9.76. The molecule has 0 N–H and O–H groups in total. The summed E-state index contributed by atoms with van der Waals surface area (Å²) < 4.78 is 7.87. The van der Waals surface area contributed by atoms with Crippen molar-refractivity contribution in [1.29, 1.82) is 0 Å². The van der Waals surface area contributed by atoms with Crippen molar-refractivity contribution in [3.05, 3.63) is 115 Å². The lowest BCUT2D eigenvalue weighted by molar-refractivity contribution is 0.238. The van der Waals surface area contributed by atoms with E-state index in [0.717, 1.165) is 11.0 Å². The third kappa shape index (κ3) is 3.99. The molecule has 1 aromatic heterocycles. The molecular weight excluding hydrogens is 435 g/mol. The average Bonchev–Trinajstić information content (AvgIpc) is 3.29. The molecular formula is C29H29N4P. The Labute approximate surface area is 201 Å². The molecule has 5 heteroatoms. The van der Waals surface area contributed by atoms with E-state index in [-0.39, 0.29) is 11.6 Å². The SMILES string of the molecule is CC(C)(C)C(N=P(c1ccccc1)(c1ccccc1)c1ccccc1)n1nnc2ccccc21. The summed E-state index contributed by atoms with van der Waals surface area (Å²) in [5.41, 5.74) is 1.69. The first-order valence-corrected chi connectivity index (χ1v) is 13.3. The van der Waals surface area contributed by atoms with Crippen molar-refractivity contribution in [2.24, 2.45) is 10.2 Å². The highest BCUT2D eigenvalue weighted by atomic mass is 31.2. The molecule has 1 heterocycles. The predicted molar refractivity (Wildman–Crippen MR) is 144 cm³/mol. The first-order chi connectivity index (χ1) is 16.5. The van der Waals surface area contributed by atoms with E-state index in [9.17, 15) is 0 Å². The van der Waals surface area contributed by atoms with Gasteiger partial charge in [-0.1, -0.05) is 129 Å². The van der Waals surface area contributed by atoms with Crippen LogP contribution in [0.4, 0.5) is 0 Å². The first-order valence-electron chi connectivity index (χ1n) is 11.6. The maximum atomic E-state index is 5.85. The zero-order valence-electron chi connectivity index (χ0n) is 19.8. The number of hydrogen-bond donors (Lipinski definition) is 0. The molecule has 1 unspecified atom stereocenters. The van der Waals surface area contributed by atoms with Crippen molar-refractivity contribution in [3.8, 4) is 0 Å². The lowest BCUT2D eigenvalue weighted by Gasteiger charge is -2.34. The highest BCUT2D eigenvalue weighted by Crippen LogP contribution is 2.51. The van der Waals surface area contributed by atoms with Crippen molar-refractivity contribution in [3.63, 3.8) is 0 Å². The Hall–Kier alpha value is -3.49. The van der Waals surface area contributed by atoms with Crippen molar-refractivity contribution in [1.82, 2.24) is 15.0 Å². The average molecular weight is 465 g/mol. The molecule has 5 aromatic rings. The third-order valence-electron chi connectivity index (χ3n) is 6.06. The Balaban J connectivity index is 1.91. The Morgan fingerprint density at radius 1 is 0.647 bits per heavy atom. The van der Waals surface area contributed by atoms with Crippen LogP contribution in [0.3, 0.4) is 0 Å². The standard InChI is InChI=1S/C29H29N4P/c1-29(2,3)28(33-27-22-14-13-21-26(27)30-32-33)31-34(23-15-7-4-8-16-23,24-17-9-5-10-18-24)25-19-11-6-12-20-25/h4-22,28H,1-3H3. The Morgan fingerprint density at radius 3 is 1.56 bits per heavy atom. The molecule has 0 fully saturated rings. The largest absolute Gasteiger partial charge is 0.262 e. The summed E-state index contributed by atoms with van der Waals surface area (Å²) >= 11 is 0. The van der Waals surface area contributed by atoms with Gasteiger partial charge >= 0.3 is 0 Å². The lowest BCUT2D eigenvalue weighted by atomic mass is 9.93. The molecule has 0 saturated carbocycles. The van der Waals surface area contributed by atoms with Gasteiger partial charge in [-0.25, -0.2) is 4.68 Å². The summed E-state index contributed by atoms with van der Waals surface area (Å²) in [6.45, 7) is 6.69. The van der Waals surface area contributed by atoms with Gasteiger partial charge in [-0.3, -0.25) is 4.74 Å². The van der Waals surface area contributed by atoms with E-state index in [1.165, 1.54) is 15.9 Å². The fourth-order valence-corrected chi connectivity index (χ4v) is 8.28. The summed E-state index contributed by atoms with van der Waals surface area (Å²) in [7, 11) is -2.39. The molecule has 0 bridgehead atoms. The number of hydrogen-bond acceptors (Lipinski definition) is 3. The molecule has 4 nitrogen and oxygen atoms in total. The second-order valence-electron chi connectivity index (χ2n) is 9.52. The molecule has 0 radical (unpaired) electrons. The molecule has 170 valence electrons. The Bertz CT molecular complexity index is 1330. The van der Waals surface area contributed by atoms with Gasteiger partial charge in [0.05, 0.1) is 12.6 Å². The van der Waals surface area contributed by atoms with Crippen LogP contribution in [-0.4, -0.2) is 15.0 Å². The summed E-state index contributed by atoms with van der Waals surface area (Å²) in [6.07, 6.45) is -0.228. The summed E-state index contributed by atoms with van der Waals surface area (Å²) in [5, 5.41) is 12.8. The molecule has 0 aliphatic heterocycles. The van der Waals surface area contributed by atoms with Gasteiger partial charge in [0.1, 0.15) is 11.7 Å². The fraction of sp³-hybridized carbons (Fsp3) is 0.172. The van der Waals surface area contributed by atoms with Gasteiger partial charge < -0.3 is 0 Å². The minimum atomic E-state index is -2.39. The highest BCUT2D eigenvalue weighted by Gasteiger charge is 2.34. The molecule has 34 heavy (non-hydrogen) atoms. The number of fused-ring (bicyclic) bond motifs is 1. The molecule has 0 amide bonds. The van der Waals surface area contributed by atoms with Gasteiger partial charge in [0.15, 0.2) is 0 Å². The number of rotatable bonds is 5. The van der Waals surface area contributed by atoms with Crippen molar-refractivity contribution < 1.29 is 0 Å². The number of benzene rings is 4. The van der Waals surface area contributed by atoms with Crippen LogP contribution in [0, 0.1) is 5.41 Å².